The number of aryl methyl sites for hydroxylation is 1. The SMILES string of the molecule is Cc1cccc(Oc2cc(N3CCN(C(=O)CC(C)C)[C@@H](C)C3)ncn2)c1. The molecule has 1 aromatic carbocycles. The van der Waals surface area contributed by atoms with Gasteiger partial charge in [0, 0.05) is 38.2 Å². The molecule has 0 unspecified atom stereocenters. The van der Waals surface area contributed by atoms with Crippen LogP contribution in [0.3, 0.4) is 0 Å². The molecule has 6 heteroatoms. The number of carbonyl (C=O) groups excluding carboxylic acids is 1. The number of hydrogen-bond acceptors (Lipinski definition) is 5. The molecule has 6 nitrogen and oxygen atoms in total. The third-order valence-electron chi connectivity index (χ3n) is 4.69. The van der Waals surface area contributed by atoms with E-state index in [1.807, 2.05) is 42.2 Å². The number of aromatic nitrogens is 2. The Morgan fingerprint density at radius 3 is 2.78 bits per heavy atom. The van der Waals surface area contributed by atoms with Gasteiger partial charge in [0.25, 0.3) is 0 Å². The van der Waals surface area contributed by atoms with Crippen LogP contribution in [0.1, 0.15) is 32.8 Å². The van der Waals surface area contributed by atoms with Gasteiger partial charge in [-0.3, -0.25) is 4.79 Å². The maximum Gasteiger partial charge on any atom is 0.224 e. The van der Waals surface area contributed by atoms with Gasteiger partial charge in [-0.2, -0.15) is 0 Å². The summed E-state index contributed by atoms with van der Waals surface area (Å²) in [5.41, 5.74) is 1.14. The Kier molecular flexibility index (Phi) is 5.94. The van der Waals surface area contributed by atoms with Gasteiger partial charge in [0.1, 0.15) is 17.9 Å². The minimum Gasteiger partial charge on any atom is -0.439 e. The van der Waals surface area contributed by atoms with Gasteiger partial charge in [0.05, 0.1) is 0 Å². The molecule has 1 aliphatic rings. The largest absolute Gasteiger partial charge is 0.439 e. The molecule has 1 amide bonds. The van der Waals surface area contributed by atoms with Gasteiger partial charge in [-0.1, -0.05) is 26.0 Å². The highest BCUT2D eigenvalue weighted by Crippen LogP contribution is 2.24. The summed E-state index contributed by atoms with van der Waals surface area (Å²) in [4.78, 5) is 25.2. The van der Waals surface area contributed by atoms with Gasteiger partial charge < -0.3 is 14.5 Å². The first-order valence-corrected chi connectivity index (χ1v) is 9.53. The number of piperazine rings is 1. The van der Waals surface area contributed by atoms with Crippen LogP contribution in [0.15, 0.2) is 36.7 Å². The molecule has 0 radical (unpaired) electrons. The molecule has 27 heavy (non-hydrogen) atoms. The molecular weight excluding hydrogens is 340 g/mol. The van der Waals surface area contributed by atoms with Crippen molar-refractivity contribution < 1.29 is 9.53 Å². The molecule has 0 aliphatic carbocycles. The maximum atomic E-state index is 12.4. The average Bonchev–Trinajstić information content (AvgIpc) is 2.61. The summed E-state index contributed by atoms with van der Waals surface area (Å²) < 4.78 is 5.88. The van der Waals surface area contributed by atoms with Gasteiger partial charge in [-0.05, 0) is 37.5 Å². The lowest BCUT2D eigenvalue weighted by Crippen LogP contribution is -2.54. The van der Waals surface area contributed by atoms with E-state index in [9.17, 15) is 4.79 Å². The van der Waals surface area contributed by atoms with Crippen LogP contribution in [-0.2, 0) is 4.79 Å². The van der Waals surface area contributed by atoms with Crippen molar-refractivity contribution in [3.05, 3.63) is 42.2 Å². The minimum absolute atomic E-state index is 0.154. The topological polar surface area (TPSA) is 58.6 Å². The Bertz CT molecular complexity index is 793. The molecule has 0 spiro atoms. The quantitative estimate of drug-likeness (QED) is 0.806. The van der Waals surface area contributed by atoms with Crippen molar-refractivity contribution in [3.8, 4) is 11.6 Å². The zero-order valence-corrected chi connectivity index (χ0v) is 16.6. The Labute approximate surface area is 161 Å². The average molecular weight is 368 g/mol. The molecule has 144 valence electrons. The number of hydrogen-bond donors (Lipinski definition) is 0. The van der Waals surface area contributed by atoms with E-state index in [2.05, 4.69) is 35.6 Å². The Morgan fingerprint density at radius 2 is 2.07 bits per heavy atom. The molecular formula is C21H28N4O2. The Balaban J connectivity index is 1.66. The summed E-state index contributed by atoms with van der Waals surface area (Å²) in [5, 5.41) is 0. The number of nitrogens with zero attached hydrogens (tertiary/aromatic N) is 4. The molecule has 1 fully saturated rings. The maximum absolute atomic E-state index is 12.4. The lowest BCUT2D eigenvalue weighted by molar-refractivity contribution is -0.134. The predicted molar refractivity (Wildman–Crippen MR) is 106 cm³/mol. The van der Waals surface area contributed by atoms with E-state index in [-0.39, 0.29) is 11.9 Å². The first kappa shape index (κ1) is 19.1. The normalized spacial score (nSPS) is 17.3. The number of ether oxygens (including phenoxy) is 1. The highest BCUT2D eigenvalue weighted by Gasteiger charge is 2.28. The van der Waals surface area contributed by atoms with E-state index >= 15 is 0 Å². The standard InChI is InChI=1S/C21H28N4O2/c1-15(2)10-21(26)25-9-8-24(13-17(25)4)19-12-20(23-14-22-19)27-18-7-5-6-16(3)11-18/h5-7,11-12,14-15,17H,8-10,13H2,1-4H3/t17-/m0/s1. The van der Waals surface area contributed by atoms with E-state index in [0.29, 0.717) is 24.8 Å². The van der Waals surface area contributed by atoms with Crippen LogP contribution in [0.5, 0.6) is 11.6 Å². The summed E-state index contributed by atoms with van der Waals surface area (Å²) in [6.45, 7) is 10.5. The third-order valence-corrected chi connectivity index (χ3v) is 4.69. The van der Waals surface area contributed by atoms with Crippen molar-refractivity contribution in [2.75, 3.05) is 24.5 Å². The molecule has 2 heterocycles. The third kappa shape index (κ3) is 4.96. The van der Waals surface area contributed by atoms with Crippen LogP contribution in [0.4, 0.5) is 5.82 Å². The van der Waals surface area contributed by atoms with Gasteiger partial charge in [-0.25, -0.2) is 9.97 Å². The summed E-state index contributed by atoms with van der Waals surface area (Å²) in [7, 11) is 0. The second-order valence-corrected chi connectivity index (χ2v) is 7.61. The first-order valence-electron chi connectivity index (χ1n) is 9.53. The van der Waals surface area contributed by atoms with Crippen LogP contribution < -0.4 is 9.64 Å². The predicted octanol–water partition coefficient (Wildman–Crippen LogP) is 3.66. The second-order valence-electron chi connectivity index (χ2n) is 7.61. The first-order chi connectivity index (χ1) is 12.9. The number of rotatable bonds is 5. The highest BCUT2D eigenvalue weighted by molar-refractivity contribution is 5.77. The smallest absolute Gasteiger partial charge is 0.224 e. The zero-order chi connectivity index (χ0) is 19.4. The fraction of sp³-hybridized carbons (Fsp3) is 0.476. The lowest BCUT2D eigenvalue weighted by atomic mass is 10.1. The molecule has 0 bridgehead atoms. The fourth-order valence-electron chi connectivity index (χ4n) is 3.36. The van der Waals surface area contributed by atoms with E-state index < -0.39 is 0 Å². The Hall–Kier alpha value is -2.63. The fourth-order valence-corrected chi connectivity index (χ4v) is 3.36. The van der Waals surface area contributed by atoms with Crippen LogP contribution >= 0.6 is 0 Å². The summed E-state index contributed by atoms with van der Waals surface area (Å²) >= 11 is 0. The van der Waals surface area contributed by atoms with E-state index in [1.54, 1.807) is 0 Å². The molecule has 1 saturated heterocycles. The van der Waals surface area contributed by atoms with Crippen molar-refractivity contribution in [3.63, 3.8) is 0 Å². The van der Waals surface area contributed by atoms with Crippen molar-refractivity contribution in [2.24, 2.45) is 5.92 Å². The van der Waals surface area contributed by atoms with Crippen molar-refractivity contribution in [1.82, 2.24) is 14.9 Å². The molecule has 0 N–H and O–H groups in total. The minimum atomic E-state index is 0.154. The zero-order valence-electron chi connectivity index (χ0n) is 16.6. The molecule has 2 aromatic rings. The summed E-state index contributed by atoms with van der Waals surface area (Å²) in [5.74, 6) is 2.73. The summed E-state index contributed by atoms with van der Waals surface area (Å²) in [6.07, 6.45) is 2.13. The highest BCUT2D eigenvalue weighted by atomic mass is 16.5. The monoisotopic (exact) mass is 368 g/mol. The van der Waals surface area contributed by atoms with Crippen LogP contribution in [-0.4, -0.2) is 46.5 Å². The molecule has 0 saturated carbocycles. The van der Waals surface area contributed by atoms with Gasteiger partial charge >= 0.3 is 0 Å². The van der Waals surface area contributed by atoms with Gasteiger partial charge in [-0.15, -0.1) is 0 Å². The number of anilines is 1. The lowest BCUT2D eigenvalue weighted by Gasteiger charge is -2.40. The molecule has 1 aromatic heterocycles. The van der Waals surface area contributed by atoms with E-state index in [4.69, 9.17) is 4.74 Å². The Morgan fingerprint density at radius 1 is 1.26 bits per heavy atom. The number of benzene rings is 1. The number of carbonyl (C=O) groups is 1. The van der Waals surface area contributed by atoms with Crippen LogP contribution in [0.2, 0.25) is 0 Å². The molecule has 3 rings (SSSR count). The van der Waals surface area contributed by atoms with Crippen molar-refractivity contribution >= 4 is 11.7 Å². The van der Waals surface area contributed by atoms with E-state index in [0.717, 1.165) is 30.2 Å². The van der Waals surface area contributed by atoms with Crippen molar-refractivity contribution in [2.45, 2.75) is 40.2 Å². The van der Waals surface area contributed by atoms with E-state index in [1.165, 1.54) is 6.33 Å². The van der Waals surface area contributed by atoms with Crippen molar-refractivity contribution in [1.29, 1.82) is 0 Å². The molecule has 1 atom stereocenters. The van der Waals surface area contributed by atoms with Gasteiger partial charge in [0.2, 0.25) is 11.8 Å². The van der Waals surface area contributed by atoms with Crippen LogP contribution in [0, 0.1) is 12.8 Å². The second kappa shape index (κ2) is 8.37. The molecule has 1 aliphatic heterocycles. The number of amides is 1. The van der Waals surface area contributed by atoms with Crippen LogP contribution in [0.25, 0.3) is 0 Å². The van der Waals surface area contributed by atoms with Gasteiger partial charge in [0.15, 0.2) is 0 Å². The summed E-state index contributed by atoms with van der Waals surface area (Å²) in [6, 6.07) is 9.89.